The van der Waals surface area contributed by atoms with Gasteiger partial charge >= 0.3 is 0 Å². The number of H-pyrrole nitrogens is 1. The second-order valence-corrected chi connectivity index (χ2v) is 8.83. The van der Waals surface area contributed by atoms with Crippen LogP contribution in [0.4, 0.5) is 5.69 Å². The molecule has 170 valence electrons. The number of nitrogens with one attached hydrogen (secondary N) is 1. The number of carbonyl (C=O) groups is 1. The van der Waals surface area contributed by atoms with Crippen molar-refractivity contribution in [1.82, 2.24) is 9.88 Å². The molecule has 0 saturated carbocycles. The third kappa shape index (κ3) is 2.86. The van der Waals surface area contributed by atoms with Gasteiger partial charge in [0, 0.05) is 28.6 Å². The zero-order valence-electron chi connectivity index (χ0n) is 18.8. The lowest BCUT2D eigenvalue weighted by molar-refractivity contribution is -0.120. The fraction of sp³-hybridized carbons (Fsp3) is 0.185. The minimum atomic E-state index is -0.416. The molecule has 1 N–H and O–H groups in total. The molecule has 1 aromatic heterocycles. The van der Waals surface area contributed by atoms with Crippen molar-refractivity contribution in [3.05, 3.63) is 89.6 Å². The fourth-order valence-electron chi connectivity index (χ4n) is 5.34. The van der Waals surface area contributed by atoms with Crippen LogP contribution in [0.3, 0.4) is 0 Å². The number of fused-ring (bicyclic) bond motifs is 4. The molecular weight excluding hydrogens is 446 g/mol. The number of para-hydroxylation sites is 3. The molecule has 7 heteroatoms. The van der Waals surface area contributed by atoms with Gasteiger partial charge in [-0.05, 0) is 42.0 Å². The van der Waals surface area contributed by atoms with Crippen molar-refractivity contribution < 1.29 is 14.3 Å². The largest absolute Gasteiger partial charge is 0.493 e. The molecule has 0 aliphatic carbocycles. The number of benzene rings is 3. The van der Waals surface area contributed by atoms with Gasteiger partial charge in [-0.2, -0.15) is 0 Å². The van der Waals surface area contributed by atoms with Crippen molar-refractivity contribution in [3.63, 3.8) is 0 Å². The Morgan fingerprint density at radius 3 is 2.47 bits per heavy atom. The monoisotopic (exact) mass is 469 g/mol. The summed E-state index contributed by atoms with van der Waals surface area (Å²) in [5.41, 5.74) is 4.87. The van der Waals surface area contributed by atoms with E-state index in [1.54, 1.807) is 19.1 Å². The van der Waals surface area contributed by atoms with Gasteiger partial charge < -0.3 is 19.4 Å². The van der Waals surface area contributed by atoms with Gasteiger partial charge in [0.1, 0.15) is 12.1 Å². The van der Waals surface area contributed by atoms with Gasteiger partial charge in [0.15, 0.2) is 16.6 Å². The van der Waals surface area contributed by atoms with Crippen molar-refractivity contribution in [3.8, 4) is 11.5 Å². The maximum absolute atomic E-state index is 13.8. The van der Waals surface area contributed by atoms with Gasteiger partial charge in [-0.25, -0.2) is 0 Å². The van der Waals surface area contributed by atoms with Crippen LogP contribution < -0.4 is 14.4 Å². The van der Waals surface area contributed by atoms with E-state index in [1.165, 1.54) is 0 Å². The molecule has 34 heavy (non-hydrogen) atoms. The van der Waals surface area contributed by atoms with Crippen LogP contribution in [0.25, 0.3) is 10.9 Å². The number of thiocarbonyl (C=S) groups is 1. The molecule has 2 aliphatic rings. The van der Waals surface area contributed by atoms with Gasteiger partial charge in [-0.15, -0.1) is 0 Å². The number of carbonyl (C=O) groups excluding carboxylic acids is 1. The highest BCUT2D eigenvalue weighted by atomic mass is 32.1. The number of anilines is 1. The summed E-state index contributed by atoms with van der Waals surface area (Å²) in [6.07, 6.45) is 0.574. The van der Waals surface area contributed by atoms with Crippen LogP contribution >= 0.6 is 12.2 Å². The van der Waals surface area contributed by atoms with Crippen LogP contribution in [-0.4, -0.2) is 41.2 Å². The molecule has 3 aromatic carbocycles. The molecule has 1 fully saturated rings. The van der Waals surface area contributed by atoms with Gasteiger partial charge in [0.05, 0.1) is 19.9 Å². The Morgan fingerprint density at radius 2 is 1.71 bits per heavy atom. The molecule has 2 aliphatic heterocycles. The first-order valence-corrected chi connectivity index (χ1v) is 11.6. The van der Waals surface area contributed by atoms with Crippen molar-refractivity contribution in [1.29, 1.82) is 0 Å². The Labute approximate surface area is 202 Å². The molecule has 1 amide bonds. The molecule has 0 spiro atoms. The zero-order valence-corrected chi connectivity index (χ0v) is 19.6. The number of hydrogen-bond donors (Lipinski definition) is 1. The van der Waals surface area contributed by atoms with E-state index in [1.807, 2.05) is 60.7 Å². The highest BCUT2D eigenvalue weighted by Gasteiger charge is 2.51. The fourth-order valence-corrected chi connectivity index (χ4v) is 5.77. The average molecular weight is 470 g/mol. The van der Waals surface area contributed by atoms with Crippen molar-refractivity contribution >= 4 is 39.8 Å². The summed E-state index contributed by atoms with van der Waals surface area (Å²) in [6, 6.07) is 22.9. The number of amides is 1. The molecule has 2 unspecified atom stereocenters. The predicted octanol–water partition coefficient (Wildman–Crippen LogP) is 4.83. The number of ether oxygens (including phenoxy) is 2. The van der Waals surface area contributed by atoms with Crippen molar-refractivity contribution in [2.24, 2.45) is 0 Å². The molecule has 3 heterocycles. The first-order chi connectivity index (χ1) is 16.6. The van der Waals surface area contributed by atoms with Crippen LogP contribution in [0.5, 0.6) is 11.5 Å². The van der Waals surface area contributed by atoms with E-state index in [4.69, 9.17) is 21.7 Å². The highest BCUT2D eigenvalue weighted by Crippen LogP contribution is 2.48. The predicted molar refractivity (Wildman–Crippen MR) is 136 cm³/mol. The summed E-state index contributed by atoms with van der Waals surface area (Å²) in [6.45, 7) is 0. The normalized spacial score (nSPS) is 19.4. The molecule has 0 bridgehead atoms. The third-order valence-electron chi connectivity index (χ3n) is 6.79. The summed E-state index contributed by atoms with van der Waals surface area (Å²) in [4.78, 5) is 21.1. The standard InChI is InChI=1S/C27H23N3O3S/c1-32-22-14-8-12-18(25(22)33-2)24-23-19(17-11-6-7-13-20(17)28-23)15-21-26(31)29(27(34)30(21)24)16-9-4-3-5-10-16/h3-14,21,24,28H,15H2,1-2H3. The third-order valence-corrected chi connectivity index (χ3v) is 7.18. The van der Waals surface area contributed by atoms with Crippen molar-refractivity contribution in [2.75, 3.05) is 19.1 Å². The highest BCUT2D eigenvalue weighted by molar-refractivity contribution is 7.80. The summed E-state index contributed by atoms with van der Waals surface area (Å²) in [7, 11) is 3.26. The second-order valence-electron chi connectivity index (χ2n) is 8.47. The second kappa shape index (κ2) is 7.88. The zero-order chi connectivity index (χ0) is 23.4. The molecule has 4 aromatic rings. The maximum Gasteiger partial charge on any atom is 0.256 e. The van der Waals surface area contributed by atoms with Crippen LogP contribution in [0, 0.1) is 0 Å². The van der Waals surface area contributed by atoms with Crippen LogP contribution in [0.2, 0.25) is 0 Å². The number of hydrogen-bond acceptors (Lipinski definition) is 4. The van der Waals surface area contributed by atoms with E-state index < -0.39 is 6.04 Å². The minimum Gasteiger partial charge on any atom is -0.493 e. The van der Waals surface area contributed by atoms with E-state index in [2.05, 4.69) is 22.0 Å². The number of aromatic nitrogens is 1. The molecule has 6 nitrogen and oxygen atoms in total. The SMILES string of the molecule is COc1cccc(C2c3[nH]c4ccccc4c3CC3C(=O)N(c4ccccc4)C(=S)N32)c1OC. The van der Waals surface area contributed by atoms with Gasteiger partial charge in [0.2, 0.25) is 0 Å². The summed E-state index contributed by atoms with van der Waals surface area (Å²) >= 11 is 5.97. The molecular formula is C27H23N3O3S. The van der Waals surface area contributed by atoms with Crippen LogP contribution in [0.1, 0.15) is 22.9 Å². The molecule has 1 saturated heterocycles. The first-order valence-electron chi connectivity index (χ1n) is 11.2. The van der Waals surface area contributed by atoms with E-state index in [0.717, 1.165) is 33.4 Å². The summed E-state index contributed by atoms with van der Waals surface area (Å²) in [5, 5.41) is 1.61. The van der Waals surface area contributed by atoms with Gasteiger partial charge in [-0.3, -0.25) is 9.69 Å². The number of methoxy groups -OCH3 is 2. The summed E-state index contributed by atoms with van der Waals surface area (Å²) in [5.74, 6) is 1.25. The molecule has 0 radical (unpaired) electrons. The lowest BCUT2D eigenvalue weighted by Gasteiger charge is -2.38. The Balaban J connectivity index is 1.60. The van der Waals surface area contributed by atoms with E-state index >= 15 is 0 Å². The number of rotatable bonds is 4. The van der Waals surface area contributed by atoms with Gasteiger partial charge in [0.25, 0.3) is 5.91 Å². The van der Waals surface area contributed by atoms with E-state index in [9.17, 15) is 4.79 Å². The molecule has 2 atom stereocenters. The van der Waals surface area contributed by atoms with Crippen LogP contribution in [-0.2, 0) is 11.2 Å². The lowest BCUT2D eigenvalue weighted by atomic mass is 9.88. The smallest absolute Gasteiger partial charge is 0.256 e. The van der Waals surface area contributed by atoms with Gasteiger partial charge in [-0.1, -0.05) is 48.5 Å². The average Bonchev–Trinajstić information content (AvgIpc) is 3.37. The first kappa shape index (κ1) is 20.7. The Bertz CT molecular complexity index is 1430. The van der Waals surface area contributed by atoms with Crippen LogP contribution in [0.15, 0.2) is 72.8 Å². The van der Waals surface area contributed by atoms with E-state index in [-0.39, 0.29) is 11.9 Å². The van der Waals surface area contributed by atoms with E-state index in [0.29, 0.717) is 23.0 Å². The Hall–Kier alpha value is -3.84. The minimum absolute atomic E-state index is 0.0148. The Kier molecular flexibility index (Phi) is 4.81. The van der Waals surface area contributed by atoms with Crippen molar-refractivity contribution in [2.45, 2.75) is 18.5 Å². The topological polar surface area (TPSA) is 57.8 Å². The number of nitrogens with zero attached hydrogens (tertiary/aromatic N) is 2. The quantitative estimate of drug-likeness (QED) is 0.434. The Morgan fingerprint density at radius 1 is 0.941 bits per heavy atom. The lowest BCUT2D eigenvalue weighted by Crippen LogP contribution is -2.44. The molecule has 6 rings (SSSR count). The summed E-state index contributed by atoms with van der Waals surface area (Å²) < 4.78 is 11.4. The maximum atomic E-state index is 13.8. The number of aromatic amines is 1.